The molecule has 0 atom stereocenters. The van der Waals surface area contributed by atoms with E-state index in [1.54, 1.807) is 25.3 Å². The lowest BCUT2D eigenvalue weighted by Crippen LogP contribution is -2.21. The maximum atomic E-state index is 13.6. The van der Waals surface area contributed by atoms with Crippen molar-refractivity contribution >= 4 is 28.4 Å². The van der Waals surface area contributed by atoms with Crippen molar-refractivity contribution in [3.63, 3.8) is 0 Å². The second-order valence-electron chi connectivity index (χ2n) is 6.90. The molecule has 6 nitrogen and oxygen atoms in total. The minimum absolute atomic E-state index is 0.189. The highest BCUT2D eigenvalue weighted by molar-refractivity contribution is 7.98. The van der Waals surface area contributed by atoms with Gasteiger partial charge in [-0.25, -0.2) is 8.96 Å². The molecule has 0 aliphatic carbocycles. The van der Waals surface area contributed by atoms with Crippen LogP contribution in [0.2, 0.25) is 0 Å². The number of rotatable bonds is 5. The highest BCUT2D eigenvalue weighted by Crippen LogP contribution is 2.26. The molecule has 3 aromatic carbocycles. The van der Waals surface area contributed by atoms with E-state index in [1.807, 2.05) is 46.9 Å². The molecule has 2 heterocycles. The third kappa shape index (κ3) is 3.44. The normalized spacial score (nSPS) is 11.3. The zero-order chi connectivity index (χ0) is 21.4. The van der Waals surface area contributed by atoms with Gasteiger partial charge in [0.1, 0.15) is 11.6 Å². The lowest BCUT2D eigenvalue weighted by atomic mass is 10.2. The molecule has 0 aliphatic rings. The fourth-order valence-corrected chi connectivity index (χ4v) is 4.41. The largest absolute Gasteiger partial charge is 0.497 e. The molecule has 0 unspecified atom stereocenters. The van der Waals surface area contributed by atoms with Crippen LogP contribution in [-0.2, 0) is 5.75 Å². The Hall–Kier alpha value is -3.65. The molecule has 8 heteroatoms. The fraction of sp³-hybridized carbons (Fsp3) is 0.0870. The van der Waals surface area contributed by atoms with Crippen LogP contribution in [0.25, 0.3) is 22.4 Å². The Balaban J connectivity index is 1.71. The lowest BCUT2D eigenvalue weighted by Gasteiger charge is -2.12. The summed E-state index contributed by atoms with van der Waals surface area (Å²) in [6.45, 7) is 0. The smallest absolute Gasteiger partial charge is 0.267 e. The molecule has 0 saturated carbocycles. The number of hydrogen-bond donors (Lipinski definition) is 0. The van der Waals surface area contributed by atoms with Gasteiger partial charge in [0.15, 0.2) is 5.16 Å². The summed E-state index contributed by atoms with van der Waals surface area (Å²) in [5.74, 6) is 1.28. The quantitative estimate of drug-likeness (QED) is 0.384. The monoisotopic (exact) mass is 432 g/mol. The Bertz CT molecular complexity index is 1480. The molecule has 5 rings (SSSR count). The van der Waals surface area contributed by atoms with Gasteiger partial charge in [0.05, 0.1) is 23.7 Å². The Kier molecular flexibility index (Phi) is 4.91. The Morgan fingerprint density at radius 2 is 1.84 bits per heavy atom. The Labute approximate surface area is 180 Å². The van der Waals surface area contributed by atoms with Crippen LogP contribution in [-0.4, -0.2) is 26.3 Å². The average Bonchev–Trinajstić information content (AvgIpc) is 3.22. The van der Waals surface area contributed by atoms with Crippen LogP contribution < -0.4 is 10.3 Å². The number of hydrogen-bond acceptors (Lipinski definition) is 5. The first kappa shape index (κ1) is 19.3. The van der Waals surface area contributed by atoms with E-state index in [0.717, 1.165) is 5.56 Å². The summed E-state index contributed by atoms with van der Waals surface area (Å²) in [6.07, 6.45) is 0. The summed E-state index contributed by atoms with van der Waals surface area (Å²) < 4.78 is 22.3. The third-order valence-corrected chi connectivity index (χ3v) is 5.96. The minimum atomic E-state index is -0.276. The van der Waals surface area contributed by atoms with E-state index >= 15 is 0 Å². The van der Waals surface area contributed by atoms with E-state index in [1.165, 1.54) is 28.5 Å². The molecule has 0 aliphatic heterocycles. The summed E-state index contributed by atoms with van der Waals surface area (Å²) in [7, 11) is 1.58. The van der Waals surface area contributed by atoms with Crippen molar-refractivity contribution in [2.24, 2.45) is 0 Å². The van der Waals surface area contributed by atoms with Gasteiger partial charge in [-0.1, -0.05) is 42.1 Å². The molecule has 0 saturated heterocycles. The number of para-hydroxylation sites is 1. The lowest BCUT2D eigenvalue weighted by molar-refractivity contribution is 0.414. The molecule has 0 fully saturated rings. The molecular formula is C23H17FN4O2S. The summed E-state index contributed by atoms with van der Waals surface area (Å²) in [4.78, 5) is 13.4. The number of nitrogens with zero attached hydrogens (tertiary/aromatic N) is 4. The maximum absolute atomic E-state index is 13.6. The van der Waals surface area contributed by atoms with E-state index in [0.29, 0.717) is 39.0 Å². The molecule has 5 aromatic rings. The topological polar surface area (TPSA) is 61.4 Å². The van der Waals surface area contributed by atoms with Crippen molar-refractivity contribution in [2.75, 3.05) is 7.11 Å². The van der Waals surface area contributed by atoms with E-state index < -0.39 is 0 Å². The standard InChI is InChI=1S/C23H17FN4O2S/c1-30-18-9-5-8-17(13-18)27-21(29)19-10-2-3-11-20(19)28-22(27)25-26-23(28)31-14-15-6-4-7-16(24)12-15/h2-13H,14H2,1H3. The molecular weight excluding hydrogens is 415 g/mol. The second-order valence-corrected chi connectivity index (χ2v) is 7.84. The van der Waals surface area contributed by atoms with Crippen molar-refractivity contribution in [3.8, 4) is 11.4 Å². The highest BCUT2D eigenvalue weighted by Gasteiger charge is 2.18. The van der Waals surface area contributed by atoms with Gasteiger partial charge < -0.3 is 4.74 Å². The van der Waals surface area contributed by atoms with Gasteiger partial charge in [-0.3, -0.25) is 9.20 Å². The first-order chi connectivity index (χ1) is 15.2. The predicted molar refractivity (Wildman–Crippen MR) is 119 cm³/mol. The van der Waals surface area contributed by atoms with Crippen LogP contribution in [0.4, 0.5) is 4.39 Å². The van der Waals surface area contributed by atoms with Gasteiger partial charge in [-0.05, 0) is 42.0 Å². The highest BCUT2D eigenvalue weighted by atomic mass is 32.2. The molecule has 2 aromatic heterocycles. The van der Waals surface area contributed by atoms with Gasteiger partial charge in [-0.2, -0.15) is 0 Å². The van der Waals surface area contributed by atoms with E-state index in [4.69, 9.17) is 4.74 Å². The maximum Gasteiger partial charge on any atom is 0.267 e. The first-order valence-electron chi connectivity index (χ1n) is 9.56. The number of benzene rings is 3. The number of aromatic nitrogens is 4. The van der Waals surface area contributed by atoms with E-state index in [-0.39, 0.29) is 11.4 Å². The van der Waals surface area contributed by atoms with Crippen LogP contribution in [0.3, 0.4) is 0 Å². The average molecular weight is 432 g/mol. The molecule has 154 valence electrons. The van der Waals surface area contributed by atoms with E-state index in [9.17, 15) is 9.18 Å². The van der Waals surface area contributed by atoms with Crippen LogP contribution in [0.5, 0.6) is 5.75 Å². The molecule has 31 heavy (non-hydrogen) atoms. The number of ether oxygens (including phenoxy) is 1. The zero-order valence-corrected chi connectivity index (χ0v) is 17.3. The molecule has 0 N–H and O–H groups in total. The number of fused-ring (bicyclic) bond motifs is 3. The summed E-state index contributed by atoms with van der Waals surface area (Å²) in [5, 5.41) is 9.84. The molecule has 0 bridgehead atoms. The van der Waals surface area contributed by atoms with Crippen molar-refractivity contribution in [1.82, 2.24) is 19.2 Å². The van der Waals surface area contributed by atoms with Gasteiger partial charge in [-0.15, -0.1) is 10.2 Å². The van der Waals surface area contributed by atoms with Crippen molar-refractivity contribution < 1.29 is 9.13 Å². The van der Waals surface area contributed by atoms with Gasteiger partial charge in [0.2, 0.25) is 5.78 Å². The van der Waals surface area contributed by atoms with Crippen molar-refractivity contribution in [2.45, 2.75) is 10.9 Å². The number of thioether (sulfide) groups is 1. The van der Waals surface area contributed by atoms with Crippen LogP contribution in [0, 0.1) is 5.82 Å². The fourth-order valence-electron chi connectivity index (χ4n) is 3.53. The van der Waals surface area contributed by atoms with Crippen molar-refractivity contribution in [3.05, 3.63) is 94.5 Å². The predicted octanol–water partition coefficient (Wildman–Crippen LogP) is 4.47. The van der Waals surface area contributed by atoms with E-state index in [2.05, 4.69) is 10.2 Å². The Morgan fingerprint density at radius 1 is 1.00 bits per heavy atom. The van der Waals surface area contributed by atoms with Crippen LogP contribution in [0.15, 0.2) is 82.7 Å². The molecule has 0 amide bonds. The van der Waals surface area contributed by atoms with Crippen LogP contribution >= 0.6 is 11.8 Å². The molecule has 0 spiro atoms. The Morgan fingerprint density at radius 3 is 2.68 bits per heavy atom. The number of halogens is 1. The zero-order valence-electron chi connectivity index (χ0n) is 16.5. The SMILES string of the molecule is COc1cccc(-n2c(=O)c3ccccc3n3c(SCc4cccc(F)c4)nnc23)c1. The first-order valence-corrected chi connectivity index (χ1v) is 10.5. The summed E-state index contributed by atoms with van der Waals surface area (Å²) in [5.41, 5.74) is 2.00. The van der Waals surface area contributed by atoms with Crippen molar-refractivity contribution in [1.29, 1.82) is 0 Å². The summed E-state index contributed by atoms with van der Waals surface area (Å²) in [6, 6.07) is 21.1. The molecule has 0 radical (unpaired) electrons. The summed E-state index contributed by atoms with van der Waals surface area (Å²) >= 11 is 1.43. The second kappa shape index (κ2) is 7.88. The van der Waals surface area contributed by atoms with Gasteiger partial charge >= 0.3 is 0 Å². The van der Waals surface area contributed by atoms with Gasteiger partial charge in [0, 0.05) is 11.8 Å². The minimum Gasteiger partial charge on any atom is -0.497 e. The number of methoxy groups -OCH3 is 1. The third-order valence-electron chi connectivity index (χ3n) is 4.96. The van der Waals surface area contributed by atoms with Gasteiger partial charge in [0.25, 0.3) is 5.56 Å². The van der Waals surface area contributed by atoms with Crippen LogP contribution in [0.1, 0.15) is 5.56 Å².